The van der Waals surface area contributed by atoms with Crippen LogP contribution in [-0.4, -0.2) is 22.4 Å². The molecule has 0 spiro atoms. The minimum absolute atomic E-state index is 0.331. The van der Waals surface area contributed by atoms with E-state index in [-0.39, 0.29) is 5.82 Å². The molecular weight excluding hydrogens is 441 g/mol. The summed E-state index contributed by atoms with van der Waals surface area (Å²) in [6, 6.07) is 16.5. The Bertz CT molecular complexity index is 1310. The van der Waals surface area contributed by atoms with E-state index in [1.807, 2.05) is 0 Å². The van der Waals surface area contributed by atoms with E-state index in [1.54, 1.807) is 48.8 Å². The van der Waals surface area contributed by atoms with Gasteiger partial charge in [-0.1, -0.05) is 24.3 Å². The van der Waals surface area contributed by atoms with Crippen molar-refractivity contribution in [3.05, 3.63) is 113 Å². The van der Waals surface area contributed by atoms with Crippen molar-refractivity contribution in [2.24, 2.45) is 5.73 Å². The molecule has 4 rings (SSSR count). The molecule has 4 aromatic rings. The van der Waals surface area contributed by atoms with Crippen LogP contribution in [0.3, 0.4) is 0 Å². The predicted molar refractivity (Wildman–Crippen MR) is 123 cm³/mol. The third-order valence-electron chi connectivity index (χ3n) is 5.35. The molecule has 0 aliphatic rings. The van der Waals surface area contributed by atoms with E-state index in [9.17, 15) is 18.0 Å². The normalized spacial score (nSPS) is 11.7. The highest BCUT2D eigenvalue weighted by Gasteiger charge is 2.25. The molecule has 1 atom stereocenters. The highest BCUT2D eigenvalue weighted by molar-refractivity contribution is 5.87. The zero-order valence-electron chi connectivity index (χ0n) is 18.0. The number of nitrogens with two attached hydrogens (primary N) is 1. The summed E-state index contributed by atoms with van der Waals surface area (Å²) in [4.78, 5) is 21.1. The van der Waals surface area contributed by atoms with Crippen LogP contribution in [0, 0.1) is 17.5 Å². The number of nitrogens with zero attached hydrogens (tertiary/aromatic N) is 2. The van der Waals surface area contributed by atoms with Crippen LogP contribution in [-0.2, 0) is 11.2 Å². The van der Waals surface area contributed by atoms with E-state index in [4.69, 9.17) is 5.73 Å². The molecule has 0 bridgehead atoms. The molecule has 3 N–H and O–H groups in total. The lowest BCUT2D eigenvalue weighted by atomic mass is 9.91. The Balaban J connectivity index is 1.71. The SMILES string of the molecule is NC(=O)C(c1cccnc1)c1ccc(-c2ccc(F)c(F)c2)nc1NCCc1cccc(F)c1. The second-order valence-electron chi connectivity index (χ2n) is 7.69. The number of benzene rings is 2. The van der Waals surface area contributed by atoms with Gasteiger partial charge in [-0.05, 0) is 60.0 Å². The number of primary amides is 1. The van der Waals surface area contributed by atoms with E-state index in [2.05, 4.69) is 15.3 Å². The molecule has 0 radical (unpaired) electrons. The van der Waals surface area contributed by atoms with E-state index < -0.39 is 23.5 Å². The van der Waals surface area contributed by atoms with Gasteiger partial charge in [0.05, 0.1) is 11.6 Å². The van der Waals surface area contributed by atoms with Gasteiger partial charge in [0.25, 0.3) is 0 Å². The van der Waals surface area contributed by atoms with E-state index >= 15 is 0 Å². The first kappa shape index (κ1) is 23.0. The highest BCUT2D eigenvalue weighted by Crippen LogP contribution is 2.32. The van der Waals surface area contributed by atoms with E-state index in [0.717, 1.165) is 17.7 Å². The molecule has 0 saturated heterocycles. The van der Waals surface area contributed by atoms with Crippen molar-refractivity contribution in [3.63, 3.8) is 0 Å². The molecule has 0 aliphatic heterocycles. The van der Waals surface area contributed by atoms with E-state index in [0.29, 0.717) is 41.2 Å². The van der Waals surface area contributed by atoms with Gasteiger partial charge >= 0.3 is 0 Å². The predicted octanol–water partition coefficient (Wildman–Crippen LogP) is 4.83. The van der Waals surface area contributed by atoms with Gasteiger partial charge in [0, 0.05) is 30.1 Å². The Morgan fingerprint density at radius 3 is 2.53 bits per heavy atom. The lowest BCUT2D eigenvalue weighted by Crippen LogP contribution is -2.24. The van der Waals surface area contributed by atoms with Crippen molar-refractivity contribution in [3.8, 4) is 11.3 Å². The maximum atomic E-state index is 13.8. The summed E-state index contributed by atoms with van der Waals surface area (Å²) in [6.07, 6.45) is 3.63. The zero-order valence-corrected chi connectivity index (χ0v) is 18.0. The fourth-order valence-electron chi connectivity index (χ4n) is 3.72. The van der Waals surface area contributed by atoms with Gasteiger partial charge in [-0.3, -0.25) is 9.78 Å². The summed E-state index contributed by atoms with van der Waals surface area (Å²) < 4.78 is 40.7. The van der Waals surface area contributed by atoms with Gasteiger partial charge < -0.3 is 11.1 Å². The Labute approximate surface area is 194 Å². The summed E-state index contributed by atoms with van der Waals surface area (Å²) >= 11 is 0. The topological polar surface area (TPSA) is 80.9 Å². The quantitative estimate of drug-likeness (QED) is 0.393. The van der Waals surface area contributed by atoms with Gasteiger partial charge in [0.2, 0.25) is 5.91 Å². The minimum atomic E-state index is -0.991. The van der Waals surface area contributed by atoms with Gasteiger partial charge in [0.1, 0.15) is 11.6 Å². The van der Waals surface area contributed by atoms with E-state index in [1.165, 1.54) is 18.2 Å². The van der Waals surface area contributed by atoms with Crippen molar-refractivity contribution in [2.75, 3.05) is 11.9 Å². The van der Waals surface area contributed by atoms with Crippen molar-refractivity contribution in [1.82, 2.24) is 9.97 Å². The number of hydrogen-bond acceptors (Lipinski definition) is 4. The third kappa shape index (κ3) is 5.23. The first-order valence-corrected chi connectivity index (χ1v) is 10.6. The Kier molecular flexibility index (Phi) is 6.87. The zero-order chi connectivity index (χ0) is 24.1. The van der Waals surface area contributed by atoms with Crippen molar-refractivity contribution in [2.45, 2.75) is 12.3 Å². The summed E-state index contributed by atoms with van der Waals surface area (Å²) in [5.41, 5.74) is 8.36. The van der Waals surface area contributed by atoms with Crippen LogP contribution >= 0.6 is 0 Å². The first-order chi connectivity index (χ1) is 16.4. The maximum Gasteiger partial charge on any atom is 0.229 e. The number of amides is 1. The molecule has 1 amide bonds. The van der Waals surface area contributed by atoms with Crippen LogP contribution in [0.5, 0.6) is 0 Å². The Morgan fingerprint density at radius 2 is 1.82 bits per heavy atom. The van der Waals surface area contributed by atoms with Crippen LogP contribution in [0.25, 0.3) is 11.3 Å². The van der Waals surface area contributed by atoms with Gasteiger partial charge in [-0.25, -0.2) is 18.2 Å². The minimum Gasteiger partial charge on any atom is -0.369 e. The van der Waals surface area contributed by atoms with Crippen molar-refractivity contribution < 1.29 is 18.0 Å². The monoisotopic (exact) mass is 462 g/mol. The van der Waals surface area contributed by atoms with Crippen LogP contribution in [0.1, 0.15) is 22.6 Å². The number of rotatable bonds is 8. The number of halogens is 3. The Morgan fingerprint density at radius 1 is 0.971 bits per heavy atom. The van der Waals surface area contributed by atoms with Gasteiger partial charge in [-0.2, -0.15) is 0 Å². The largest absolute Gasteiger partial charge is 0.369 e. The number of nitrogens with one attached hydrogen (secondary N) is 1. The molecule has 34 heavy (non-hydrogen) atoms. The summed E-state index contributed by atoms with van der Waals surface area (Å²) in [5.74, 6) is -3.36. The molecular formula is C26H21F3N4O. The molecule has 0 aliphatic carbocycles. The summed E-state index contributed by atoms with van der Waals surface area (Å²) in [7, 11) is 0. The molecule has 0 saturated carbocycles. The van der Waals surface area contributed by atoms with Crippen LogP contribution in [0.2, 0.25) is 0 Å². The maximum absolute atomic E-state index is 13.8. The molecule has 0 fully saturated rings. The average molecular weight is 462 g/mol. The third-order valence-corrected chi connectivity index (χ3v) is 5.35. The number of carbonyl (C=O) groups excluding carboxylic acids is 1. The van der Waals surface area contributed by atoms with Crippen LogP contribution in [0.15, 0.2) is 79.1 Å². The number of hydrogen-bond donors (Lipinski definition) is 2. The number of carbonyl (C=O) groups is 1. The molecule has 172 valence electrons. The molecule has 2 heterocycles. The highest BCUT2D eigenvalue weighted by atomic mass is 19.2. The molecule has 5 nitrogen and oxygen atoms in total. The lowest BCUT2D eigenvalue weighted by Gasteiger charge is -2.19. The standard InChI is InChI=1S/C26H21F3N4O/c27-19-5-1-3-16(13-19)10-12-32-26-20(24(25(30)34)18-4-2-11-31-15-18)7-9-23(33-26)17-6-8-21(28)22(29)14-17/h1-9,11,13-15,24H,10,12H2,(H2,30,34)(H,32,33). The number of aromatic nitrogens is 2. The molecule has 2 aromatic heterocycles. The fraction of sp³-hybridized carbons (Fsp3) is 0.115. The van der Waals surface area contributed by atoms with Crippen molar-refractivity contribution >= 4 is 11.7 Å². The lowest BCUT2D eigenvalue weighted by molar-refractivity contribution is -0.118. The number of pyridine rings is 2. The van der Waals surface area contributed by atoms with Crippen LogP contribution < -0.4 is 11.1 Å². The average Bonchev–Trinajstić information content (AvgIpc) is 2.82. The molecule has 8 heteroatoms. The fourth-order valence-corrected chi connectivity index (χ4v) is 3.72. The van der Waals surface area contributed by atoms with Gasteiger partial charge in [-0.15, -0.1) is 0 Å². The number of anilines is 1. The van der Waals surface area contributed by atoms with Crippen LogP contribution in [0.4, 0.5) is 19.0 Å². The summed E-state index contributed by atoms with van der Waals surface area (Å²) in [5, 5.41) is 3.19. The second kappa shape index (κ2) is 10.2. The van der Waals surface area contributed by atoms with Gasteiger partial charge in [0.15, 0.2) is 11.6 Å². The first-order valence-electron chi connectivity index (χ1n) is 10.6. The van der Waals surface area contributed by atoms with Crippen molar-refractivity contribution in [1.29, 1.82) is 0 Å². The summed E-state index contributed by atoms with van der Waals surface area (Å²) in [6.45, 7) is 0.378. The molecule has 2 aromatic carbocycles. The second-order valence-corrected chi connectivity index (χ2v) is 7.69. The molecule has 1 unspecified atom stereocenters. The Hall–Kier alpha value is -4.20. The smallest absolute Gasteiger partial charge is 0.229 e.